The van der Waals surface area contributed by atoms with Crippen molar-refractivity contribution in [1.82, 2.24) is 0 Å². The molecule has 1 aromatic rings. The van der Waals surface area contributed by atoms with Crippen LogP contribution in [0.15, 0.2) is 24.3 Å². The zero-order chi connectivity index (χ0) is 18.0. The Bertz CT molecular complexity index is 703. The van der Waals surface area contributed by atoms with Gasteiger partial charge in [0, 0.05) is 6.07 Å². The molecule has 0 bridgehead atoms. The Morgan fingerprint density at radius 2 is 1.92 bits per heavy atom. The van der Waals surface area contributed by atoms with Crippen molar-refractivity contribution in [3.8, 4) is 0 Å². The number of nitro groups is 1. The molecule has 0 spiro atoms. The van der Waals surface area contributed by atoms with Crippen molar-refractivity contribution in [2.45, 2.75) is 44.7 Å². The highest BCUT2D eigenvalue weighted by molar-refractivity contribution is 7.84. The number of rotatable bonds is 7. The first kappa shape index (κ1) is 18.7. The molecule has 0 amide bonds. The number of hydrogen-bond acceptors (Lipinski definition) is 7. The maximum absolute atomic E-state index is 11.3. The summed E-state index contributed by atoms with van der Waals surface area (Å²) in [7, 11) is -4.16. The molecule has 1 heterocycles. The summed E-state index contributed by atoms with van der Waals surface area (Å²) in [6.07, 6.45) is -0.698. The van der Waals surface area contributed by atoms with E-state index in [9.17, 15) is 18.5 Å². The summed E-state index contributed by atoms with van der Waals surface area (Å²) in [6.45, 7) is 3.31. The highest BCUT2D eigenvalue weighted by Gasteiger charge is 2.48. The second-order valence-corrected chi connectivity index (χ2v) is 6.63. The van der Waals surface area contributed by atoms with Crippen molar-refractivity contribution in [3.63, 3.8) is 0 Å². The van der Waals surface area contributed by atoms with Crippen molar-refractivity contribution in [3.05, 3.63) is 39.9 Å². The molecule has 0 unspecified atom stereocenters. The van der Waals surface area contributed by atoms with Crippen LogP contribution in [0.1, 0.15) is 38.4 Å². The smallest absolute Gasteiger partial charge is 0.333 e. The van der Waals surface area contributed by atoms with Gasteiger partial charge in [-0.25, -0.2) is 5.14 Å². The Morgan fingerprint density at radius 3 is 2.46 bits per heavy atom. The molecule has 0 aromatic heterocycles. The van der Waals surface area contributed by atoms with Gasteiger partial charge in [0.25, 0.3) is 5.69 Å². The number of ether oxygens (including phenoxy) is 2. The van der Waals surface area contributed by atoms with Crippen LogP contribution in [-0.4, -0.2) is 31.8 Å². The van der Waals surface area contributed by atoms with Gasteiger partial charge >= 0.3 is 10.3 Å². The molecule has 0 radical (unpaired) electrons. The average Bonchev–Trinajstić information content (AvgIpc) is 2.92. The van der Waals surface area contributed by atoms with Crippen LogP contribution in [0.3, 0.4) is 0 Å². The summed E-state index contributed by atoms with van der Waals surface area (Å²) in [5.41, 5.74) is 0.170. The van der Waals surface area contributed by atoms with Gasteiger partial charge in [-0.1, -0.05) is 26.0 Å². The van der Waals surface area contributed by atoms with Crippen LogP contribution in [-0.2, 0) is 24.0 Å². The number of nitro benzene ring substituents is 1. The van der Waals surface area contributed by atoms with E-state index in [0.29, 0.717) is 18.4 Å². The predicted octanol–water partition coefficient (Wildman–Crippen LogP) is 1.79. The standard InChI is InChI=1S/C14H20N2O7S/c1-3-14(4-2)22-12(9-21-24(15,19)20)13(23-14)10-7-5-6-8-11(10)16(17)18/h5-8,12-13H,3-4,9H2,1-2H3,(H2,15,19,20)/t12-,13-/m1/s1. The topological polar surface area (TPSA) is 131 Å². The van der Waals surface area contributed by atoms with Crippen LogP contribution in [0.2, 0.25) is 0 Å². The quantitative estimate of drug-likeness (QED) is 0.579. The molecule has 2 rings (SSSR count). The summed E-state index contributed by atoms with van der Waals surface area (Å²) in [5.74, 6) is -0.958. The summed E-state index contributed by atoms with van der Waals surface area (Å²) in [5, 5.41) is 16.1. The molecule has 24 heavy (non-hydrogen) atoms. The first-order chi connectivity index (χ1) is 11.2. The van der Waals surface area contributed by atoms with Gasteiger partial charge in [0.15, 0.2) is 5.79 Å². The maximum Gasteiger partial charge on any atom is 0.333 e. The summed E-state index contributed by atoms with van der Waals surface area (Å²) in [6, 6.07) is 6.09. The van der Waals surface area contributed by atoms with Crippen molar-refractivity contribution < 1.29 is 27.0 Å². The number of nitrogens with two attached hydrogens (primary N) is 1. The lowest BCUT2D eigenvalue weighted by atomic mass is 10.0. The minimum atomic E-state index is -4.16. The first-order valence-electron chi connectivity index (χ1n) is 7.47. The molecular formula is C14H20N2O7S. The summed E-state index contributed by atoms with van der Waals surface area (Å²) >= 11 is 0. The lowest BCUT2D eigenvalue weighted by Gasteiger charge is -2.25. The highest BCUT2D eigenvalue weighted by Crippen LogP contribution is 2.44. The van der Waals surface area contributed by atoms with Gasteiger partial charge < -0.3 is 9.47 Å². The number of nitrogens with zero attached hydrogens (tertiary/aromatic N) is 1. The van der Waals surface area contributed by atoms with Gasteiger partial charge in [-0.2, -0.15) is 8.42 Å². The minimum absolute atomic E-state index is 0.130. The Labute approximate surface area is 140 Å². The molecule has 1 fully saturated rings. The minimum Gasteiger partial charge on any atom is -0.341 e. The largest absolute Gasteiger partial charge is 0.341 e. The molecule has 2 atom stereocenters. The van der Waals surface area contributed by atoms with Gasteiger partial charge in [0.1, 0.15) is 12.2 Å². The maximum atomic E-state index is 11.3. The normalized spacial score (nSPS) is 23.3. The van der Waals surface area contributed by atoms with Crippen LogP contribution in [0.25, 0.3) is 0 Å². The molecule has 0 saturated carbocycles. The number of para-hydroxylation sites is 1. The van der Waals surface area contributed by atoms with Crippen molar-refractivity contribution in [1.29, 1.82) is 0 Å². The Hall–Kier alpha value is -1.59. The molecule has 1 aromatic carbocycles. The Morgan fingerprint density at radius 1 is 1.29 bits per heavy atom. The number of benzene rings is 1. The van der Waals surface area contributed by atoms with Crippen LogP contribution in [0.4, 0.5) is 5.69 Å². The molecular weight excluding hydrogens is 340 g/mol. The van der Waals surface area contributed by atoms with Gasteiger partial charge in [-0.15, -0.1) is 0 Å². The molecule has 9 nitrogen and oxygen atoms in total. The third kappa shape index (κ3) is 4.08. The van der Waals surface area contributed by atoms with E-state index in [1.165, 1.54) is 6.07 Å². The monoisotopic (exact) mass is 360 g/mol. The zero-order valence-electron chi connectivity index (χ0n) is 13.4. The second-order valence-electron chi connectivity index (χ2n) is 5.41. The van der Waals surface area contributed by atoms with Crippen LogP contribution in [0.5, 0.6) is 0 Å². The van der Waals surface area contributed by atoms with Gasteiger partial charge in [-0.3, -0.25) is 14.3 Å². The van der Waals surface area contributed by atoms with Crippen LogP contribution in [0, 0.1) is 10.1 Å². The van der Waals surface area contributed by atoms with E-state index < -0.39 is 39.8 Å². The van der Waals surface area contributed by atoms with Crippen LogP contribution < -0.4 is 5.14 Å². The highest BCUT2D eigenvalue weighted by atomic mass is 32.2. The molecule has 1 aliphatic heterocycles. The molecule has 2 N–H and O–H groups in total. The molecule has 134 valence electrons. The fourth-order valence-corrected chi connectivity index (χ4v) is 3.02. The third-order valence-corrected chi connectivity index (χ3v) is 4.42. The molecule has 0 aliphatic carbocycles. The molecule has 1 aliphatic rings. The van der Waals surface area contributed by atoms with E-state index in [2.05, 4.69) is 4.18 Å². The van der Waals surface area contributed by atoms with E-state index in [-0.39, 0.29) is 5.69 Å². The Balaban J connectivity index is 2.38. The van der Waals surface area contributed by atoms with E-state index >= 15 is 0 Å². The fraction of sp³-hybridized carbons (Fsp3) is 0.571. The average molecular weight is 360 g/mol. The van der Waals surface area contributed by atoms with E-state index in [1.807, 2.05) is 13.8 Å². The first-order valence-corrected chi connectivity index (χ1v) is 8.94. The van der Waals surface area contributed by atoms with Gasteiger partial charge in [-0.05, 0) is 18.9 Å². The van der Waals surface area contributed by atoms with Crippen molar-refractivity contribution >= 4 is 16.0 Å². The molecule has 10 heteroatoms. The lowest BCUT2D eigenvalue weighted by Crippen LogP contribution is -2.31. The zero-order valence-corrected chi connectivity index (χ0v) is 14.2. The SMILES string of the molecule is CCC1(CC)O[C@H](c2ccccc2[N+](=O)[O-])[C@@H](COS(N)(=O)=O)O1. The lowest BCUT2D eigenvalue weighted by molar-refractivity contribution is -0.386. The second kappa shape index (κ2) is 7.11. The van der Waals surface area contributed by atoms with E-state index in [0.717, 1.165) is 0 Å². The predicted molar refractivity (Wildman–Crippen MR) is 84.2 cm³/mol. The fourth-order valence-electron chi connectivity index (χ4n) is 2.70. The van der Waals surface area contributed by atoms with Crippen LogP contribution >= 0.6 is 0 Å². The van der Waals surface area contributed by atoms with E-state index in [1.54, 1.807) is 18.2 Å². The third-order valence-electron chi connectivity index (χ3n) is 3.96. The Kier molecular flexibility index (Phi) is 5.56. The summed E-state index contributed by atoms with van der Waals surface area (Å²) in [4.78, 5) is 10.7. The number of hydrogen-bond donors (Lipinski definition) is 1. The molecule has 1 saturated heterocycles. The summed E-state index contributed by atoms with van der Waals surface area (Å²) < 4.78 is 38.6. The van der Waals surface area contributed by atoms with Crippen molar-refractivity contribution in [2.75, 3.05) is 6.61 Å². The van der Waals surface area contributed by atoms with Crippen molar-refractivity contribution in [2.24, 2.45) is 5.14 Å². The van der Waals surface area contributed by atoms with E-state index in [4.69, 9.17) is 14.6 Å². The van der Waals surface area contributed by atoms with Gasteiger partial charge in [0.05, 0.1) is 17.1 Å². The van der Waals surface area contributed by atoms with Gasteiger partial charge in [0.2, 0.25) is 0 Å².